The number of rotatable bonds is 6. The number of ether oxygens (including phenoxy) is 1. The SMILES string of the molecule is Cc1ccc(COc2c(NC(=O)c3ccncc3)cccc2-n2cnnn2)cc1. The van der Waals surface area contributed by atoms with Gasteiger partial charge >= 0.3 is 0 Å². The van der Waals surface area contributed by atoms with Gasteiger partial charge in [0.2, 0.25) is 0 Å². The molecule has 0 aliphatic rings. The average molecular weight is 386 g/mol. The summed E-state index contributed by atoms with van der Waals surface area (Å²) in [5.41, 5.74) is 3.82. The number of carbonyl (C=O) groups is 1. The lowest BCUT2D eigenvalue weighted by atomic mass is 10.1. The number of nitrogens with one attached hydrogen (secondary N) is 1. The van der Waals surface area contributed by atoms with E-state index in [0.29, 0.717) is 29.3 Å². The Balaban J connectivity index is 1.65. The van der Waals surface area contributed by atoms with Crippen LogP contribution in [0.1, 0.15) is 21.5 Å². The van der Waals surface area contributed by atoms with Crippen LogP contribution in [0.25, 0.3) is 5.69 Å². The van der Waals surface area contributed by atoms with Crippen molar-refractivity contribution in [1.29, 1.82) is 0 Å². The predicted molar refractivity (Wildman–Crippen MR) is 107 cm³/mol. The fourth-order valence-corrected chi connectivity index (χ4v) is 2.76. The highest BCUT2D eigenvalue weighted by atomic mass is 16.5. The van der Waals surface area contributed by atoms with E-state index in [1.807, 2.05) is 37.3 Å². The molecule has 1 N–H and O–H groups in total. The summed E-state index contributed by atoms with van der Waals surface area (Å²) < 4.78 is 7.60. The molecule has 4 rings (SSSR count). The first-order valence-corrected chi connectivity index (χ1v) is 8.97. The standard InChI is InChI=1S/C21H18N6O2/c1-15-5-7-16(8-6-15)13-29-20-18(24-21(28)17-9-11-22-12-10-17)3-2-4-19(20)27-14-23-25-26-27/h2-12,14H,13H2,1H3,(H,24,28). The third-order valence-corrected chi connectivity index (χ3v) is 4.28. The number of anilines is 1. The van der Waals surface area contributed by atoms with Crippen molar-refractivity contribution in [2.45, 2.75) is 13.5 Å². The molecule has 0 saturated carbocycles. The summed E-state index contributed by atoms with van der Waals surface area (Å²) in [6.07, 6.45) is 4.62. The molecule has 4 aromatic rings. The molecule has 144 valence electrons. The summed E-state index contributed by atoms with van der Waals surface area (Å²) in [4.78, 5) is 16.6. The van der Waals surface area contributed by atoms with Crippen LogP contribution in [-0.2, 0) is 6.61 Å². The van der Waals surface area contributed by atoms with Crippen molar-refractivity contribution in [2.75, 3.05) is 5.32 Å². The Morgan fingerprint density at radius 3 is 2.59 bits per heavy atom. The van der Waals surface area contributed by atoms with E-state index in [-0.39, 0.29) is 5.91 Å². The molecule has 0 bridgehead atoms. The number of hydrogen-bond acceptors (Lipinski definition) is 6. The zero-order valence-corrected chi connectivity index (χ0v) is 15.7. The molecule has 2 aromatic carbocycles. The van der Waals surface area contributed by atoms with Crippen LogP contribution in [0.2, 0.25) is 0 Å². The van der Waals surface area contributed by atoms with Gasteiger partial charge in [0, 0.05) is 18.0 Å². The lowest BCUT2D eigenvalue weighted by Crippen LogP contribution is -2.14. The van der Waals surface area contributed by atoms with Crippen LogP contribution in [0.15, 0.2) is 73.3 Å². The zero-order chi connectivity index (χ0) is 20.1. The fraction of sp³-hybridized carbons (Fsp3) is 0.0952. The van der Waals surface area contributed by atoms with E-state index < -0.39 is 0 Å². The lowest BCUT2D eigenvalue weighted by Gasteiger charge is -2.16. The third kappa shape index (κ3) is 4.27. The highest BCUT2D eigenvalue weighted by molar-refractivity contribution is 6.05. The number of aryl methyl sites for hydroxylation is 1. The summed E-state index contributed by atoms with van der Waals surface area (Å²) in [5, 5.41) is 14.2. The van der Waals surface area contributed by atoms with Gasteiger partial charge in [-0.1, -0.05) is 35.9 Å². The highest BCUT2D eigenvalue weighted by Crippen LogP contribution is 2.32. The maximum absolute atomic E-state index is 12.6. The van der Waals surface area contributed by atoms with Crippen LogP contribution in [0, 0.1) is 6.92 Å². The molecule has 0 fully saturated rings. The number of para-hydroxylation sites is 1. The average Bonchev–Trinajstić information content (AvgIpc) is 3.29. The third-order valence-electron chi connectivity index (χ3n) is 4.28. The van der Waals surface area contributed by atoms with Crippen LogP contribution in [0.5, 0.6) is 5.75 Å². The number of nitrogens with zero attached hydrogens (tertiary/aromatic N) is 5. The quantitative estimate of drug-likeness (QED) is 0.547. The summed E-state index contributed by atoms with van der Waals surface area (Å²) in [7, 11) is 0. The minimum absolute atomic E-state index is 0.263. The Kier molecular flexibility index (Phi) is 5.24. The summed E-state index contributed by atoms with van der Waals surface area (Å²) >= 11 is 0. The van der Waals surface area contributed by atoms with Gasteiger partial charge in [-0.05, 0) is 47.2 Å². The second-order valence-corrected chi connectivity index (χ2v) is 6.37. The smallest absolute Gasteiger partial charge is 0.255 e. The maximum Gasteiger partial charge on any atom is 0.255 e. The molecule has 0 spiro atoms. The molecule has 0 aliphatic heterocycles. The lowest BCUT2D eigenvalue weighted by molar-refractivity contribution is 0.102. The molecule has 2 heterocycles. The van der Waals surface area contributed by atoms with Crippen LogP contribution in [0.3, 0.4) is 0 Å². The Hall–Kier alpha value is -4.07. The van der Waals surface area contributed by atoms with Crippen LogP contribution >= 0.6 is 0 Å². The summed E-state index contributed by atoms with van der Waals surface area (Å²) in [6.45, 7) is 2.36. The molecule has 0 atom stereocenters. The number of hydrogen-bond donors (Lipinski definition) is 1. The van der Waals surface area contributed by atoms with Gasteiger partial charge in [0.25, 0.3) is 5.91 Å². The molecule has 0 unspecified atom stereocenters. The van der Waals surface area contributed by atoms with E-state index in [1.54, 1.807) is 36.7 Å². The molecule has 8 heteroatoms. The largest absolute Gasteiger partial charge is 0.484 e. The van der Waals surface area contributed by atoms with Crippen molar-refractivity contribution in [3.63, 3.8) is 0 Å². The van der Waals surface area contributed by atoms with E-state index in [9.17, 15) is 4.79 Å². The molecule has 0 aliphatic carbocycles. The summed E-state index contributed by atoms with van der Waals surface area (Å²) in [5.74, 6) is 0.212. The van der Waals surface area contributed by atoms with Gasteiger partial charge in [0.15, 0.2) is 5.75 Å². The van der Waals surface area contributed by atoms with E-state index >= 15 is 0 Å². The van der Waals surface area contributed by atoms with Gasteiger partial charge in [-0.3, -0.25) is 9.78 Å². The minimum atomic E-state index is -0.263. The van der Waals surface area contributed by atoms with Crippen molar-refractivity contribution in [1.82, 2.24) is 25.2 Å². The number of tetrazole rings is 1. The number of amides is 1. The topological polar surface area (TPSA) is 94.8 Å². The van der Waals surface area contributed by atoms with Gasteiger partial charge in [-0.2, -0.15) is 4.68 Å². The maximum atomic E-state index is 12.6. The number of pyridine rings is 1. The van der Waals surface area contributed by atoms with Gasteiger partial charge < -0.3 is 10.1 Å². The van der Waals surface area contributed by atoms with Gasteiger partial charge in [0.1, 0.15) is 18.6 Å². The van der Waals surface area contributed by atoms with Crippen LogP contribution < -0.4 is 10.1 Å². The molecule has 0 saturated heterocycles. The molecular weight excluding hydrogens is 368 g/mol. The van der Waals surface area contributed by atoms with Crippen molar-refractivity contribution in [3.8, 4) is 11.4 Å². The molecule has 8 nitrogen and oxygen atoms in total. The second kappa shape index (κ2) is 8.30. The number of benzene rings is 2. The summed E-state index contributed by atoms with van der Waals surface area (Å²) in [6, 6.07) is 16.8. The number of carbonyl (C=O) groups excluding carboxylic acids is 1. The van der Waals surface area contributed by atoms with Gasteiger partial charge in [-0.15, -0.1) is 5.10 Å². The van der Waals surface area contributed by atoms with E-state index in [4.69, 9.17) is 4.74 Å². The second-order valence-electron chi connectivity index (χ2n) is 6.37. The minimum Gasteiger partial charge on any atom is -0.484 e. The van der Waals surface area contributed by atoms with Crippen molar-refractivity contribution in [3.05, 3.63) is 90.0 Å². The van der Waals surface area contributed by atoms with E-state index in [1.165, 1.54) is 16.6 Å². The first kappa shape index (κ1) is 18.3. The van der Waals surface area contributed by atoms with E-state index in [2.05, 4.69) is 25.8 Å². The predicted octanol–water partition coefficient (Wildman–Crippen LogP) is 3.20. The molecule has 29 heavy (non-hydrogen) atoms. The first-order chi connectivity index (χ1) is 14.2. The van der Waals surface area contributed by atoms with Crippen LogP contribution in [-0.4, -0.2) is 31.1 Å². The van der Waals surface area contributed by atoms with Crippen molar-refractivity contribution in [2.24, 2.45) is 0 Å². The highest BCUT2D eigenvalue weighted by Gasteiger charge is 2.16. The van der Waals surface area contributed by atoms with Crippen LogP contribution in [0.4, 0.5) is 5.69 Å². The zero-order valence-electron chi connectivity index (χ0n) is 15.7. The van der Waals surface area contributed by atoms with Crippen molar-refractivity contribution >= 4 is 11.6 Å². The molecule has 0 radical (unpaired) electrons. The molecular formula is C21H18N6O2. The Bertz CT molecular complexity index is 1100. The van der Waals surface area contributed by atoms with Gasteiger partial charge in [0.05, 0.1) is 5.69 Å². The first-order valence-electron chi connectivity index (χ1n) is 8.97. The molecule has 1 amide bonds. The Labute approximate surface area is 167 Å². The number of aromatic nitrogens is 5. The van der Waals surface area contributed by atoms with E-state index in [0.717, 1.165) is 5.56 Å². The Morgan fingerprint density at radius 2 is 1.86 bits per heavy atom. The fourth-order valence-electron chi connectivity index (χ4n) is 2.76. The van der Waals surface area contributed by atoms with Gasteiger partial charge in [-0.25, -0.2) is 0 Å². The normalized spacial score (nSPS) is 10.5. The molecule has 2 aromatic heterocycles. The monoisotopic (exact) mass is 386 g/mol. The van der Waals surface area contributed by atoms with Crippen molar-refractivity contribution < 1.29 is 9.53 Å². The Morgan fingerprint density at radius 1 is 1.07 bits per heavy atom.